The van der Waals surface area contributed by atoms with Crippen LogP contribution in [0, 0.1) is 10.1 Å². The molecule has 0 saturated carbocycles. The molecule has 2 heterocycles. The fourth-order valence-corrected chi connectivity index (χ4v) is 3.23. The molecule has 0 unspecified atom stereocenters. The van der Waals surface area contributed by atoms with E-state index in [1.807, 2.05) is 12.1 Å². The third-order valence-electron chi connectivity index (χ3n) is 4.87. The van der Waals surface area contributed by atoms with E-state index < -0.39 is 0 Å². The average Bonchev–Trinajstić information content (AvgIpc) is 2.55. The first-order chi connectivity index (χ1) is 11.0. The smallest absolute Gasteiger partial charge is 0.292 e. The number of rotatable bonds is 3. The van der Waals surface area contributed by atoms with Crippen LogP contribution >= 0.6 is 0 Å². The van der Waals surface area contributed by atoms with E-state index in [9.17, 15) is 10.1 Å². The minimum Gasteiger partial charge on any atom is -0.369 e. The number of benzene rings is 1. The first-order valence-electron chi connectivity index (χ1n) is 8.20. The summed E-state index contributed by atoms with van der Waals surface area (Å²) in [5.74, 6) is 0. The zero-order chi connectivity index (χ0) is 16.4. The Bertz CT molecular complexity index is 564. The van der Waals surface area contributed by atoms with Gasteiger partial charge in [-0.3, -0.25) is 10.1 Å². The molecule has 2 aliphatic heterocycles. The van der Waals surface area contributed by atoms with E-state index in [0.717, 1.165) is 63.7 Å². The van der Waals surface area contributed by atoms with Crippen LogP contribution in [0.25, 0.3) is 0 Å². The van der Waals surface area contributed by atoms with Gasteiger partial charge in [-0.1, -0.05) is 0 Å². The summed E-state index contributed by atoms with van der Waals surface area (Å²) >= 11 is 0. The van der Waals surface area contributed by atoms with Crippen molar-refractivity contribution < 1.29 is 4.92 Å². The quantitative estimate of drug-likeness (QED) is 0.614. The fraction of sp³-hybridized carbons (Fsp3) is 0.625. The van der Waals surface area contributed by atoms with Crippen LogP contribution in [-0.2, 0) is 0 Å². The Labute approximate surface area is 137 Å². The second-order valence-corrected chi connectivity index (χ2v) is 6.51. The number of piperazine rings is 2. The zero-order valence-corrected chi connectivity index (χ0v) is 13.9. The van der Waals surface area contributed by atoms with Gasteiger partial charge in [-0.05, 0) is 26.2 Å². The Kier molecular flexibility index (Phi) is 4.68. The van der Waals surface area contributed by atoms with Crippen LogP contribution in [0.5, 0.6) is 0 Å². The molecule has 2 aliphatic rings. The maximum atomic E-state index is 11.4. The Morgan fingerprint density at radius 1 is 0.870 bits per heavy atom. The monoisotopic (exact) mass is 319 g/mol. The Balaban J connectivity index is 1.86. The van der Waals surface area contributed by atoms with Crippen LogP contribution in [0.1, 0.15) is 0 Å². The molecule has 0 radical (unpaired) electrons. The van der Waals surface area contributed by atoms with Gasteiger partial charge in [0.15, 0.2) is 0 Å². The summed E-state index contributed by atoms with van der Waals surface area (Å²) in [6.45, 7) is 7.55. The molecule has 0 amide bonds. The first kappa shape index (κ1) is 16.0. The summed E-state index contributed by atoms with van der Waals surface area (Å²) in [6, 6.07) is 5.57. The number of likely N-dealkylation sites (N-methyl/N-ethyl adjacent to an activating group) is 2. The predicted molar refractivity (Wildman–Crippen MR) is 92.5 cm³/mol. The van der Waals surface area contributed by atoms with Crippen molar-refractivity contribution in [1.29, 1.82) is 0 Å². The highest BCUT2D eigenvalue weighted by molar-refractivity contribution is 5.70. The average molecular weight is 319 g/mol. The van der Waals surface area contributed by atoms with E-state index in [1.54, 1.807) is 6.07 Å². The van der Waals surface area contributed by atoms with E-state index in [1.165, 1.54) is 0 Å². The maximum absolute atomic E-state index is 11.4. The van der Waals surface area contributed by atoms with Crippen LogP contribution in [0.2, 0.25) is 0 Å². The molecule has 7 nitrogen and oxygen atoms in total. The minimum absolute atomic E-state index is 0.215. The summed E-state index contributed by atoms with van der Waals surface area (Å²) in [5.41, 5.74) is 2.07. The van der Waals surface area contributed by atoms with Crippen LogP contribution in [0.3, 0.4) is 0 Å². The molecule has 0 spiro atoms. The minimum atomic E-state index is -0.262. The summed E-state index contributed by atoms with van der Waals surface area (Å²) in [5, 5.41) is 11.4. The van der Waals surface area contributed by atoms with E-state index >= 15 is 0 Å². The molecule has 1 aromatic carbocycles. The molecule has 3 rings (SSSR count). The van der Waals surface area contributed by atoms with Crippen molar-refractivity contribution in [3.8, 4) is 0 Å². The third kappa shape index (κ3) is 3.56. The topological polar surface area (TPSA) is 56.1 Å². The number of hydrogen-bond donors (Lipinski definition) is 0. The van der Waals surface area contributed by atoms with Gasteiger partial charge in [0.05, 0.1) is 4.92 Å². The van der Waals surface area contributed by atoms with Gasteiger partial charge in [-0.25, -0.2) is 0 Å². The van der Waals surface area contributed by atoms with E-state index in [0.29, 0.717) is 0 Å². The van der Waals surface area contributed by atoms with Gasteiger partial charge in [0.25, 0.3) is 5.69 Å². The molecule has 2 saturated heterocycles. The Hall–Kier alpha value is -1.86. The second kappa shape index (κ2) is 6.72. The Morgan fingerprint density at radius 3 is 1.91 bits per heavy atom. The predicted octanol–water partition coefficient (Wildman–Crippen LogP) is 1.10. The Morgan fingerprint density at radius 2 is 1.39 bits per heavy atom. The molecular formula is C16H25N5O2. The molecule has 0 bridgehead atoms. The van der Waals surface area contributed by atoms with Gasteiger partial charge < -0.3 is 19.6 Å². The van der Waals surface area contributed by atoms with Crippen LogP contribution in [0.4, 0.5) is 17.1 Å². The highest BCUT2D eigenvalue weighted by Gasteiger charge is 2.24. The van der Waals surface area contributed by atoms with E-state index in [-0.39, 0.29) is 10.6 Å². The molecule has 1 aromatic rings. The van der Waals surface area contributed by atoms with E-state index in [2.05, 4.69) is 33.7 Å². The van der Waals surface area contributed by atoms with Gasteiger partial charge in [0.1, 0.15) is 5.69 Å². The molecule has 0 N–H and O–H groups in total. The van der Waals surface area contributed by atoms with Gasteiger partial charge in [-0.15, -0.1) is 0 Å². The highest BCUT2D eigenvalue weighted by atomic mass is 16.6. The lowest BCUT2D eigenvalue weighted by atomic mass is 10.1. The van der Waals surface area contributed by atoms with Crippen molar-refractivity contribution >= 4 is 17.1 Å². The fourth-order valence-electron chi connectivity index (χ4n) is 3.23. The summed E-state index contributed by atoms with van der Waals surface area (Å²) in [7, 11) is 4.22. The lowest BCUT2D eigenvalue weighted by Gasteiger charge is -2.36. The lowest BCUT2D eigenvalue weighted by molar-refractivity contribution is -0.384. The third-order valence-corrected chi connectivity index (χ3v) is 4.87. The van der Waals surface area contributed by atoms with Crippen LogP contribution < -0.4 is 9.80 Å². The summed E-state index contributed by atoms with van der Waals surface area (Å²) in [6.07, 6.45) is 0. The zero-order valence-electron chi connectivity index (χ0n) is 13.9. The van der Waals surface area contributed by atoms with Gasteiger partial charge >= 0.3 is 0 Å². The number of nitro benzene ring substituents is 1. The normalized spacial score (nSPS) is 20.8. The molecule has 7 heteroatoms. The number of hydrogen-bond acceptors (Lipinski definition) is 6. The maximum Gasteiger partial charge on any atom is 0.292 e. The van der Waals surface area contributed by atoms with Crippen molar-refractivity contribution in [2.75, 3.05) is 76.3 Å². The molecule has 0 aromatic heterocycles. The van der Waals surface area contributed by atoms with Gasteiger partial charge in [-0.2, -0.15) is 0 Å². The van der Waals surface area contributed by atoms with Crippen molar-refractivity contribution in [2.24, 2.45) is 0 Å². The second-order valence-electron chi connectivity index (χ2n) is 6.51. The SMILES string of the molecule is CN1CCN(c2ccc([N+](=O)[O-])c(N3CCN(C)CC3)c2)CC1. The summed E-state index contributed by atoms with van der Waals surface area (Å²) < 4.78 is 0. The summed E-state index contributed by atoms with van der Waals surface area (Å²) in [4.78, 5) is 20.2. The number of nitro groups is 1. The van der Waals surface area contributed by atoms with Crippen molar-refractivity contribution in [2.45, 2.75) is 0 Å². The molecule has 23 heavy (non-hydrogen) atoms. The van der Waals surface area contributed by atoms with Crippen molar-refractivity contribution in [3.05, 3.63) is 28.3 Å². The lowest BCUT2D eigenvalue weighted by Crippen LogP contribution is -2.45. The molecule has 0 atom stereocenters. The van der Waals surface area contributed by atoms with Gasteiger partial charge in [0, 0.05) is 64.1 Å². The van der Waals surface area contributed by atoms with Crippen molar-refractivity contribution in [3.63, 3.8) is 0 Å². The standard InChI is InChI=1S/C16H25N5O2/c1-17-5-9-19(10-6-17)14-3-4-15(21(22)23)16(13-14)20-11-7-18(2)8-12-20/h3-4,13H,5-12H2,1-2H3. The molecule has 0 aliphatic carbocycles. The first-order valence-corrected chi connectivity index (χ1v) is 8.20. The molecule has 126 valence electrons. The van der Waals surface area contributed by atoms with E-state index in [4.69, 9.17) is 0 Å². The largest absolute Gasteiger partial charge is 0.369 e. The van der Waals surface area contributed by atoms with Crippen LogP contribution in [0.15, 0.2) is 18.2 Å². The highest BCUT2D eigenvalue weighted by Crippen LogP contribution is 2.33. The van der Waals surface area contributed by atoms with Crippen LogP contribution in [-0.4, -0.2) is 81.2 Å². The molecule has 2 fully saturated rings. The molecular weight excluding hydrogens is 294 g/mol. The van der Waals surface area contributed by atoms with Crippen molar-refractivity contribution in [1.82, 2.24) is 9.80 Å². The van der Waals surface area contributed by atoms with Gasteiger partial charge in [0.2, 0.25) is 0 Å². The number of nitrogens with zero attached hydrogens (tertiary/aromatic N) is 5. The number of anilines is 2.